The zero-order valence-corrected chi connectivity index (χ0v) is 13.6. The molecule has 1 amide bonds. The van der Waals surface area contributed by atoms with E-state index in [-0.39, 0.29) is 12.0 Å². The Bertz CT molecular complexity index is 720. The summed E-state index contributed by atoms with van der Waals surface area (Å²) >= 11 is 0. The molecule has 1 fully saturated rings. The van der Waals surface area contributed by atoms with Gasteiger partial charge < -0.3 is 14.4 Å². The predicted molar refractivity (Wildman–Crippen MR) is 85.6 cm³/mol. The number of nitrogens with zero attached hydrogens (tertiary/aromatic N) is 3. The molecule has 7 heteroatoms. The first-order valence-corrected chi connectivity index (χ1v) is 8.30. The Morgan fingerprint density at radius 1 is 1.42 bits per heavy atom. The molecule has 4 rings (SSSR count). The maximum Gasteiger partial charge on any atom is 0.264 e. The van der Waals surface area contributed by atoms with E-state index in [9.17, 15) is 4.79 Å². The molecule has 1 aromatic carbocycles. The van der Waals surface area contributed by atoms with Crippen molar-refractivity contribution < 1.29 is 14.3 Å². The number of carbonyl (C=O) groups is 1. The summed E-state index contributed by atoms with van der Waals surface area (Å²) in [6, 6.07) is 7.80. The van der Waals surface area contributed by atoms with E-state index in [1.54, 1.807) is 4.90 Å². The van der Waals surface area contributed by atoms with Crippen LogP contribution in [-0.4, -0.2) is 51.8 Å². The Labute approximate surface area is 140 Å². The maximum atomic E-state index is 12.8. The molecule has 2 aliphatic heterocycles. The second-order valence-electron chi connectivity index (χ2n) is 6.06. The van der Waals surface area contributed by atoms with Crippen LogP contribution < -0.4 is 4.74 Å². The van der Waals surface area contributed by atoms with Crippen molar-refractivity contribution in [1.29, 1.82) is 0 Å². The summed E-state index contributed by atoms with van der Waals surface area (Å²) in [6.07, 6.45) is 0.677. The van der Waals surface area contributed by atoms with Crippen LogP contribution in [0.5, 0.6) is 5.75 Å². The highest BCUT2D eigenvalue weighted by Crippen LogP contribution is 2.30. The molecule has 0 aliphatic carbocycles. The first-order chi connectivity index (χ1) is 11.7. The van der Waals surface area contributed by atoms with Crippen molar-refractivity contribution in [3.63, 3.8) is 0 Å². The minimum absolute atomic E-state index is 0.00532. The highest BCUT2D eigenvalue weighted by atomic mass is 16.5. The third-order valence-electron chi connectivity index (χ3n) is 4.47. The van der Waals surface area contributed by atoms with Gasteiger partial charge in [-0.2, -0.15) is 5.10 Å². The molecule has 0 unspecified atom stereocenters. The average molecular weight is 328 g/mol. The largest absolute Gasteiger partial charge is 0.480 e. The predicted octanol–water partition coefficient (Wildman–Crippen LogP) is 1.27. The van der Waals surface area contributed by atoms with Crippen LogP contribution in [0, 0.1) is 0 Å². The van der Waals surface area contributed by atoms with E-state index in [2.05, 4.69) is 15.2 Å². The lowest BCUT2D eigenvalue weighted by molar-refractivity contribution is -0.146. The highest BCUT2D eigenvalue weighted by Gasteiger charge is 2.35. The number of amides is 1. The van der Waals surface area contributed by atoms with Gasteiger partial charge in [-0.15, -0.1) is 0 Å². The number of fused-ring (bicyclic) bond motifs is 1. The third-order valence-corrected chi connectivity index (χ3v) is 4.47. The van der Waals surface area contributed by atoms with Crippen molar-refractivity contribution in [2.45, 2.75) is 32.0 Å². The van der Waals surface area contributed by atoms with E-state index in [4.69, 9.17) is 9.47 Å². The topological polar surface area (TPSA) is 80.3 Å². The molecule has 2 atom stereocenters. The minimum atomic E-state index is -0.445. The summed E-state index contributed by atoms with van der Waals surface area (Å²) in [7, 11) is 0. The number of aromatic amines is 1. The average Bonchev–Trinajstić information content (AvgIpc) is 3.27. The van der Waals surface area contributed by atoms with Crippen molar-refractivity contribution in [3.05, 3.63) is 41.5 Å². The lowest BCUT2D eigenvalue weighted by atomic mass is 10.1. The van der Waals surface area contributed by atoms with Gasteiger partial charge in [0.15, 0.2) is 11.9 Å². The number of aromatic nitrogens is 3. The summed E-state index contributed by atoms with van der Waals surface area (Å²) < 4.78 is 11.6. The molecule has 1 N–H and O–H groups in total. The van der Waals surface area contributed by atoms with Crippen LogP contribution in [0.2, 0.25) is 0 Å². The second kappa shape index (κ2) is 6.24. The number of para-hydroxylation sites is 1. The van der Waals surface area contributed by atoms with Crippen molar-refractivity contribution in [2.24, 2.45) is 0 Å². The number of H-pyrrole nitrogens is 1. The molecule has 3 heterocycles. The molecule has 0 spiro atoms. The SMILES string of the molecule is CCc1nc([C@H]2CN(C(=O)[C@H]3Cc4ccccc4O3)CCO2)n[nH]1. The van der Waals surface area contributed by atoms with E-state index < -0.39 is 6.10 Å². The van der Waals surface area contributed by atoms with E-state index >= 15 is 0 Å². The third kappa shape index (κ3) is 2.75. The molecule has 2 aliphatic rings. The van der Waals surface area contributed by atoms with Crippen LogP contribution in [0.4, 0.5) is 0 Å². The number of benzene rings is 1. The van der Waals surface area contributed by atoms with Gasteiger partial charge in [-0.1, -0.05) is 25.1 Å². The summed E-state index contributed by atoms with van der Waals surface area (Å²) in [4.78, 5) is 19.0. The molecule has 1 saturated heterocycles. The Kier molecular flexibility index (Phi) is 3.93. The lowest BCUT2D eigenvalue weighted by Crippen LogP contribution is -2.48. The number of rotatable bonds is 3. The number of hydrogen-bond acceptors (Lipinski definition) is 5. The van der Waals surface area contributed by atoms with E-state index in [0.29, 0.717) is 31.9 Å². The zero-order chi connectivity index (χ0) is 16.5. The van der Waals surface area contributed by atoms with E-state index in [1.807, 2.05) is 31.2 Å². The van der Waals surface area contributed by atoms with E-state index in [0.717, 1.165) is 23.6 Å². The van der Waals surface area contributed by atoms with Crippen molar-refractivity contribution in [1.82, 2.24) is 20.1 Å². The summed E-state index contributed by atoms with van der Waals surface area (Å²) in [5.41, 5.74) is 1.09. The van der Waals surface area contributed by atoms with Gasteiger partial charge in [0.25, 0.3) is 5.91 Å². The van der Waals surface area contributed by atoms with Crippen molar-refractivity contribution >= 4 is 5.91 Å². The molecular formula is C17H20N4O3. The number of aryl methyl sites for hydroxylation is 1. The number of ether oxygens (including phenoxy) is 2. The number of nitrogens with one attached hydrogen (secondary N) is 1. The number of hydrogen-bond donors (Lipinski definition) is 1. The molecule has 0 bridgehead atoms. The normalized spacial score (nSPS) is 23.0. The number of carbonyl (C=O) groups excluding carboxylic acids is 1. The van der Waals surface area contributed by atoms with Crippen LogP contribution in [0.25, 0.3) is 0 Å². The maximum absolute atomic E-state index is 12.8. The van der Waals surface area contributed by atoms with Gasteiger partial charge in [-0.25, -0.2) is 4.98 Å². The fraction of sp³-hybridized carbons (Fsp3) is 0.471. The van der Waals surface area contributed by atoms with Gasteiger partial charge >= 0.3 is 0 Å². The summed E-state index contributed by atoms with van der Waals surface area (Å²) in [5, 5.41) is 7.10. The first kappa shape index (κ1) is 15.1. The van der Waals surface area contributed by atoms with Gasteiger partial charge in [0.05, 0.1) is 13.2 Å². The Morgan fingerprint density at radius 2 is 2.29 bits per heavy atom. The lowest BCUT2D eigenvalue weighted by Gasteiger charge is -2.32. The summed E-state index contributed by atoms with van der Waals surface area (Å²) in [6.45, 7) is 3.51. The molecule has 0 radical (unpaired) electrons. The van der Waals surface area contributed by atoms with E-state index in [1.165, 1.54) is 0 Å². The molecule has 1 aromatic heterocycles. The smallest absolute Gasteiger partial charge is 0.264 e. The molecule has 126 valence electrons. The summed E-state index contributed by atoms with van der Waals surface area (Å²) in [5.74, 6) is 2.25. The molecule has 2 aromatic rings. The number of morpholine rings is 1. The molecular weight excluding hydrogens is 308 g/mol. The van der Waals surface area contributed by atoms with Gasteiger partial charge in [-0.3, -0.25) is 9.89 Å². The zero-order valence-electron chi connectivity index (χ0n) is 13.6. The van der Waals surface area contributed by atoms with Gasteiger partial charge in [-0.05, 0) is 11.6 Å². The van der Waals surface area contributed by atoms with Crippen LogP contribution in [0.15, 0.2) is 24.3 Å². The van der Waals surface area contributed by atoms with Crippen LogP contribution >= 0.6 is 0 Å². The fourth-order valence-corrected chi connectivity index (χ4v) is 3.14. The van der Waals surface area contributed by atoms with Gasteiger partial charge in [0.2, 0.25) is 0 Å². The van der Waals surface area contributed by atoms with Crippen LogP contribution in [-0.2, 0) is 22.4 Å². The second-order valence-corrected chi connectivity index (χ2v) is 6.06. The Morgan fingerprint density at radius 3 is 3.08 bits per heavy atom. The Hall–Kier alpha value is -2.41. The Balaban J connectivity index is 1.44. The fourth-order valence-electron chi connectivity index (χ4n) is 3.14. The first-order valence-electron chi connectivity index (χ1n) is 8.30. The van der Waals surface area contributed by atoms with Crippen molar-refractivity contribution in [2.75, 3.05) is 19.7 Å². The molecule has 0 saturated carbocycles. The van der Waals surface area contributed by atoms with Crippen LogP contribution in [0.3, 0.4) is 0 Å². The van der Waals surface area contributed by atoms with Gasteiger partial charge in [0.1, 0.15) is 17.7 Å². The monoisotopic (exact) mass is 328 g/mol. The standard InChI is InChI=1S/C17H20N4O3/c1-2-15-18-16(20-19-15)14-10-21(7-8-23-14)17(22)13-9-11-5-3-4-6-12(11)24-13/h3-6,13-14H,2,7-10H2,1H3,(H,18,19,20)/t13-,14-/m1/s1. The molecule has 7 nitrogen and oxygen atoms in total. The highest BCUT2D eigenvalue weighted by molar-refractivity contribution is 5.82. The minimum Gasteiger partial charge on any atom is -0.480 e. The van der Waals surface area contributed by atoms with Crippen LogP contribution in [0.1, 0.15) is 30.2 Å². The van der Waals surface area contributed by atoms with Crippen molar-refractivity contribution in [3.8, 4) is 5.75 Å². The van der Waals surface area contributed by atoms with Gasteiger partial charge in [0, 0.05) is 19.4 Å². The quantitative estimate of drug-likeness (QED) is 0.918. The molecule has 24 heavy (non-hydrogen) atoms.